The molecule has 0 saturated carbocycles. The quantitative estimate of drug-likeness (QED) is 0.517. The highest BCUT2D eigenvalue weighted by Crippen LogP contribution is 2.32. The van der Waals surface area contributed by atoms with Gasteiger partial charge in [0.1, 0.15) is 6.10 Å². The lowest BCUT2D eigenvalue weighted by Crippen LogP contribution is -2.51. The molecule has 34 heavy (non-hydrogen) atoms. The number of carbonyl (C=O) groups is 1. The summed E-state index contributed by atoms with van der Waals surface area (Å²) in [7, 11) is 1.81. The van der Waals surface area contributed by atoms with Crippen molar-refractivity contribution >= 4 is 5.91 Å². The topological polar surface area (TPSA) is 42.0 Å². The minimum atomic E-state index is -0.413. The molecule has 0 radical (unpaired) electrons. The molecule has 0 aromatic heterocycles. The SMILES string of the molecule is COC1CCCCc2ccc(CN(CC(C)C)C(=O)C3CN(Cc4ccccc4)CCO3)cc21. The molecule has 0 spiro atoms. The number of carbonyl (C=O) groups excluding carboxylic acids is 1. The zero-order valence-corrected chi connectivity index (χ0v) is 21.0. The van der Waals surface area contributed by atoms with E-state index >= 15 is 0 Å². The van der Waals surface area contributed by atoms with Crippen LogP contribution in [0.3, 0.4) is 0 Å². The molecule has 1 saturated heterocycles. The zero-order chi connectivity index (χ0) is 23.9. The van der Waals surface area contributed by atoms with Gasteiger partial charge in [0.25, 0.3) is 5.91 Å². The molecule has 2 aliphatic rings. The minimum Gasteiger partial charge on any atom is -0.377 e. The number of nitrogens with zero attached hydrogens (tertiary/aromatic N) is 2. The van der Waals surface area contributed by atoms with E-state index in [2.05, 4.69) is 61.2 Å². The molecule has 0 bridgehead atoms. The van der Waals surface area contributed by atoms with Gasteiger partial charge in [-0.1, -0.05) is 68.8 Å². The number of benzene rings is 2. The first kappa shape index (κ1) is 24.9. The molecule has 1 fully saturated rings. The molecule has 2 aromatic carbocycles. The van der Waals surface area contributed by atoms with Crippen LogP contribution in [0.1, 0.15) is 61.5 Å². The third-order valence-electron chi connectivity index (χ3n) is 6.95. The summed E-state index contributed by atoms with van der Waals surface area (Å²) in [5.74, 6) is 0.491. The van der Waals surface area contributed by atoms with Gasteiger partial charge in [-0.25, -0.2) is 0 Å². The van der Waals surface area contributed by atoms with E-state index in [0.717, 1.165) is 32.5 Å². The Hall–Kier alpha value is -2.21. The summed E-state index contributed by atoms with van der Waals surface area (Å²) in [4.78, 5) is 18.0. The third-order valence-corrected chi connectivity index (χ3v) is 6.95. The largest absolute Gasteiger partial charge is 0.377 e. The predicted octanol–water partition coefficient (Wildman–Crippen LogP) is 4.99. The molecule has 2 unspecified atom stereocenters. The molecule has 184 valence electrons. The molecule has 4 rings (SSSR count). The third kappa shape index (κ3) is 6.47. The number of morpholine rings is 1. The Kier molecular flexibility index (Phi) is 8.76. The van der Waals surface area contributed by atoms with Gasteiger partial charge in [0.05, 0.1) is 12.7 Å². The average Bonchev–Trinajstić information content (AvgIpc) is 3.05. The second-order valence-corrected chi connectivity index (χ2v) is 10.2. The fraction of sp³-hybridized carbons (Fsp3) is 0.552. The van der Waals surface area contributed by atoms with E-state index in [9.17, 15) is 4.79 Å². The summed E-state index contributed by atoms with van der Waals surface area (Å²) in [5.41, 5.74) is 5.14. The molecule has 2 atom stereocenters. The highest BCUT2D eigenvalue weighted by atomic mass is 16.5. The highest BCUT2D eigenvalue weighted by Gasteiger charge is 2.31. The van der Waals surface area contributed by atoms with E-state index in [1.807, 2.05) is 18.1 Å². The van der Waals surface area contributed by atoms with Crippen molar-refractivity contribution in [2.24, 2.45) is 5.92 Å². The van der Waals surface area contributed by atoms with Crippen molar-refractivity contribution in [1.29, 1.82) is 0 Å². The van der Waals surface area contributed by atoms with Gasteiger partial charge in [0.2, 0.25) is 0 Å². The Morgan fingerprint density at radius 2 is 1.97 bits per heavy atom. The molecule has 1 aliphatic carbocycles. The first-order valence-corrected chi connectivity index (χ1v) is 12.8. The maximum absolute atomic E-state index is 13.6. The summed E-state index contributed by atoms with van der Waals surface area (Å²) in [5, 5.41) is 0. The lowest BCUT2D eigenvalue weighted by molar-refractivity contribution is -0.151. The maximum atomic E-state index is 13.6. The van der Waals surface area contributed by atoms with Crippen molar-refractivity contribution in [1.82, 2.24) is 9.80 Å². The first-order chi connectivity index (χ1) is 16.5. The van der Waals surface area contributed by atoms with E-state index in [1.54, 1.807) is 0 Å². The van der Waals surface area contributed by atoms with Gasteiger partial charge in [0.15, 0.2) is 0 Å². The van der Waals surface area contributed by atoms with Crippen molar-refractivity contribution in [3.05, 3.63) is 70.8 Å². The predicted molar refractivity (Wildman–Crippen MR) is 135 cm³/mol. The number of rotatable bonds is 8. The summed E-state index contributed by atoms with van der Waals surface area (Å²) in [6.07, 6.45) is 4.32. The Morgan fingerprint density at radius 3 is 2.74 bits per heavy atom. The number of ether oxygens (including phenoxy) is 2. The Bertz CT molecular complexity index is 930. The van der Waals surface area contributed by atoms with E-state index in [1.165, 1.54) is 35.1 Å². The van der Waals surface area contributed by atoms with Crippen molar-refractivity contribution < 1.29 is 14.3 Å². The number of methoxy groups -OCH3 is 1. The lowest BCUT2D eigenvalue weighted by Gasteiger charge is -2.35. The molecule has 5 heteroatoms. The van der Waals surface area contributed by atoms with Gasteiger partial charge in [-0.15, -0.1) is 0 Å². The molecule has 0 N–H and O–H groups in total. The van der Waals surface area contributed by atoms with Gasteiger partial charge in [-0.05, 0) is 47.4 Å². The second-order valence-electron chi connectivity index (χ2n) is 10.2. The van der Waals surface area contributed by atoms with Crippen LogP contribution in [-0.2, 0) is 33.8 Å². The number of fused-ring (bicyclic) bond motifs is 1. The molecular weight excluding hydrogens is 424 g/mol. The zero-order valence-electron chi connectivity index (χ0n) is 21.0. The average molecular weight is 465 g/mol. The van der Waals surface area contributed by atoms with Crippen LogP contribution in [0.25, 0.3) is 0 Å². The van der Waals surface area contributed by atoms with Gasteiger partial charge in [-0.2, -0.15) is 0 Å². The summed E-state index contributed by atoms with van der Waals surface area (Å²) < 4.78 is 11.8. The Labute approximate surface area is 205 Å². The fourth-order valence-corrected chi connectivity index (χ4v) is 5.25. The van der Waals surface area contributed by atoms with Crippen LogP contribution in [-0.4, -0.2) is 55.2 Å². The van der Waals surface area contributed by atoms with E-state index in [0.29, 0.717) is 25.6 Å². The minimum absolute atomic E-state index is 0.102. The standard InChI is InChI=1S/C29H40N2O3/c1-22(2)18-31(20-24-13-14-25-11-7-8-12-27(33-3)26(25)17-24)29(32)28-21-30(15-16-34-28)19-23-9-5-4-6-10-23/h4-6,9-10,13-14,17,22,27-28H,7-8,11-12,15-16,18-21H2,1-3H3. The molecule has 1 aliphatic heterocycles. The van der Waals surface area contributed by atoms with Crippen LogP contribution in [0.5, 0.6) is 0 Å². The summed E-state index contributed by atoms with van der Waals surface area (Å²) >= 11 is 0. The lowest BCUT2D eigenvalue weighted by atomic mass is 9.97. The smallest absolute Gasteiger partial charge is 0.253 e. The first-order valence-electron chi connectivity index (χ1n) is 12.8. The number of amides is 1. The van der Waals surface area contributed by atoms with Crippen LogP contribution in [0.2, 0.25) is 0 Å². The van der Waals surface area contributed by atoms with Crippen LogP contribution in [0.15, 0.2) is 48.5 Å². The van der Waals surface area contributed by atoms with Crippen LogP contribution in [0.4, 0.5) is 0 Å². The fourth-order valence-electron chi connectivity index (χ4n) is 5.25. The van der Waals surface area contributed by atoms with Crippen LogP contribution >= 0.6 is 0 Å². The number of hydrogen-bond donors (Lipinski definition) is 0. The van der Waals surface area contributed by atoms with Crippen molar-refractivity contribution in [3.8, 4) is 0 Å². The van der Waals surface area contributed by atoms with Crippen molar-refractivity contribution in [3.63, 3.8) is 0 Å². The van der Waals surface area contributed by atoms with E-state index in [4.69, 9.17) is 9.47 Å². The van der Waals surface area contributed by atoms with Crippen molar-refractivity contribution in [2.75, 3.05) is 33.4 Å². The molecule has 2 aromatic rings. The van der Waals surface area contributed by atoms with Crippen molar-refractivity contribution in [2.45, 2.75) is 64.8 Å². The number of hydrogen-bond acceptors (Lipinski definition) is 4. The summed E-state index contributed by atoms with van der Waals surface area (Å²) in [6, 6.07) is 17.2. The van der Waals surface area contributed by atoms with Gasteiger partial charge >= 0.3 is 0 Å². The highest BCUT2D eigenvalue weighted by molar-refractivity contribution is 5.81. The monoisotopic (exact) mass is 464 g/mol. The molecular formula is C29H40N2O3. The van der Waals surface area contributed by atoms with Gasteiger partial charge in [-0.3, -0.25) is 9.69 Å². The van der Waals surface area contributed by atoms with E-state index < -0.39 is 6.10 Å². The molecule has 1 heterocycles. The summed E-state index contributed by atoms with van der Waals surface area (Å²) in [6.45, 7) is 8.60. The second kappa shape index (κ2) is 12.0. The molecule has 1 amide bonds. The van der Waals surface area contributed by atoms with Crippen LogP contribution < -0.4 is 0 Å². The Balaban J connectivity index is 1.47. The van der Waals surface area contributed by atoms with Crippen LogP contribution in [0, 0.1) is 5.92 Å². The van der Waals surface area contributed by atoms with E-state index in [-0.39, 0.29) is 12.0 Å². The number of aryl methyl sites for hydroxylation is 1. The Morgan fingerprint density at radius 1 is 1.15 bits per heavy atom. The normalized spacial score (nSPS) is 21.2. The van der Waals surface area contributed by atoms with Gasteiger partial charge < -0.3 is 14.4 Å². The molecule has 5 nitrogen and oxygen atoms in total. The maximum Gasteiger partial charge on any atom is 0.253 e. The van der Waals surface area contributed by atoms with Gasteiger partial charge in [0, 0.05) is 39.8 Å².